The van der Waals surface area contributed by atoms with Crippen molar-refractivity contribution >= 4 is 23.0 Å². The Morgan fingerprint density at radius 1 is 1.21 bits per heavy atom. The highest BCUT2D eigenvalue weighted by Gasteiger charge is 2.66. The lowest BCUT2D eigenvalue weighted by Gasteiger charge is -2.55. The molecule has 38 heavy (non-hydrogen) atoms. The molecule has 0 aromatic heterocycles. The summed E-state index contributed by atoms with van der Waals surface area (Å²) in [6.07, 6.45) is 5.16. The molecule has 9 heteroatoms. The SMILES string of the molecule is CCc1cc(C2=CCCCC2)c(O)c2c1C[C@H]1C[C@H]3[C@H](N(C)C)C(O)=C(C(N)=O)C(=O)[C@@]3(O)C(O)C1C2=O. The van der Waals surface area contributed by atoms with Crippen molar-refractivity contribution < 1.29 is 34.8 Å². The van der Waals surface area contributed by atoms with Gasteiger partial charge in [0.1, 0.15) is 23.2 Å². The Bertz CT molecular complexity index is 1300. The number of Topliss-reactive ketones (excluding diaryl/α,β-unsaturated/α-hetero) is 2. The molecular weight excluding hydrogens is 488 g/mol. The van der Waals surface area contributed by atoms with E-state index in [1.807, 2.05) is 13.0 Å². The van der Waals surface area contributed by atoms with E-state index in [0.29, 0.717) is 18.4 Å². The summed E-state index contributed by atoms with van der Waals surface area (Å²) in [5.41, 5.74) is 5.58. The van der Waals surface area contributed by atoms with Crippen LogP contribution in [0.3, 0.4) is 0 Å². The van der Waals surface area contributed by atoms with Gasteiger partial charge in [-0.05, 0) is 87.7 Å². The van der Waals surface area contributed by atoms with Crippen molar-refractivity contribution in [1.82, 2.24) is 4.90 Å². The summed E-state index contributed by atoms with van der Waals surface area (Å²) in [7, 11) is 3.26. The molecule has 0 heterocycles. The second-order valence-electron chi connectivity index (χ2n) is 11.4. The van der Waals surface area contributed by atoms with Crippen LogP contribution in [0.1, 0.15) is 66.1 Å². The van der Waals surface area contributed by atoms with Gasteiger partial charge < -0.3 is 26.2 Å². The number of likely N-dealkylation sites (N-methyl/N-ethyl adjacent to an activating group) is 1. The van der Waals surface area contributed by atoms with Crippen LogP contribution in [0.2, 0.25) is 0 Å². The number of allylic oxidation sites excluding steroid dienone is 2. The number of nitrogens with two attached hydrogens (primary N) is 1. The third-order valence-electron chi connectivity index (χ3n) is 9.27. The quantitative estimate of drug-likeness (QED) is 0.373. The number of aliphatic hydroxyl groups excluding tert-OH is 2. The number of phenolic OH excluding ortho intramolecular Hbond substituents is 1. The fourth-order valence-corrected chi connectivity index (χ4v) is 7.48. The maximum atomic E-state index is 14.1. The number of hydrogen-bond donors (Lipinski definition) is 5. The molecule has 1 aromatic carbocycles. The average molecular weight is 525 g/mol. The Kier molecular flexibility index (Phi) is 6.52. The van der Waals surface area contributed by atoms with Crippen molar-refractivity contribution in [3.05, 3.63) is 45.7 Å². The highest BCUT2D eigenvalue weighted by atomic mass is 16.4. The van der Waals surface area contributed by atoms with Crippen LogP contribution in [-0.2, 0) is 22.4 Å². The zero-order valence-electron chi connectivity index (χ0n) is 22.0. The van der Waals surface area contributed by atoms with Gasteiger partial charge in [-0.15, -0.1) is 0 Å². The summed E-state index contributed by atoms with van der Waals surface area (Å²) in [5, 5.41) is 45.7. The second kappa shape index (κ2) is 9.32. The standard InChI is InChI=1S/C29H36N2O7/c1-4-13-10-17(14-8-6-5-7-9-14)23(32)20-16(13)11-15-12-18-22(31(2)3)25(34)21(28(30)37)27(36)29(18,38)26(35)19(15)24(20)33/h8,10,15,18-19,22,26,32,34-35,38H,4-7,9,11-12H2,1-3H3,(H2,30,37)/t15-,18-,19?,22-,26?,29-/m0/s1. The van der Waals surface area contributed by atoms with Crippen molar-refractivity contribution in [3.63, 3.8) is 0 Å². The van der Waals surface area contributed by atoms with Gasteiger partial charge in [0.2, 0.25) is 5.78 Å². The van der Waals surface area contributed by atoms with Crippen molar-refractivity contribution in [1.29, 1.82) is 0 Å². The van der Waals surface area contributed by atoms with E-state index < -0.39 is 64.3 Å². The van der Waals surface area contributed by atoms with Crippen LogP contribution in [0, 0.1) is 17.8 Å². The molecule has 0 bridgehead atoms. The number of aryl methyl sites for hydroxylation is 1. The van der Waals surface area contributed by atoms with Crippen molar-refractivity contribution in [2.24, 2.45) is 23.5 Å². The number of primary amides is 1. The molecule has 1 saturated carbocycles. The maximum absolute atomic E-state index is 14.1. The molecule has 9 nitrogen and oxygen atoms in total. The molecule has 1 fully saturated rings. The number of ketones is 2. The Hall–Kier alpha value is -3.01. The van der Waals surface area contributed by atoms with Crippen LogP contribution < -0.4 is 5.73 Å². The first-order chi connectivity index (χ1) is 17.9. The first-order valence-electron chi connectivity index (χ1n) is 13.4. The van der Waals surface area contributed by atoms with Gasteiger partial charge in [-0.25, -0.2) is 0 Å². The number of carbonyl (C=O) groups excluding carboxylic acids is 3. The molecule has 5 rings (SSSR count). The highest BCUT2D eigenvalue weighted by molar-refractivity contribution is 6.23. The Labute approximate surface area is 221 Å². The Morgan fingerprint density at radius 3 is 2.50 bits per heavy atom. The maximum Gasteiger partial charge on any atom is 0.255 e. The number of aromatic hydroxyl groups is 1. The number of fused-ring (bicyclic) bond motifs is 3. The lowest BCUT2D eigenvalue weighted by Crippen LogP contribution is -2.71. The fourth-order valence-electron chi connectivity index (χ4n) is 7.48. The lowest BCUT2D eigenvalue weighted by molar-refractivity contribution is -0.190. The molecule has 0 saturated heterocycles. The van der Waals surface area contributed by atoms with E-state index in [2.05, 4.69) is 6.08 Å². The van der Waals surface area contributed by atoms with E-state index >= 15 is 0 Å². The van der Waals surface area contributed by atoms with Gasteiger partial charge in [-0.2, -0.15) is 0 Å². The van der Waals surface area contributed by atoms with E-state index in [1.54, 1.807) is 19.0 Å². The second-order valence-corrected chi connectivity index (χ2v) is 11.4. The molecule has 1 aromatic rings. The molecule has 1 amide bonds. The van der Waals surface area contributed by atoms with Gasteiger partial charge in [0.25, 0.3) is 5.91 Å². The smallest absolute Gasteiger partial charge is 0.255 e. The summed E-state index contributed by atoms with van der Waals surface area (Å²) >= 11 is 0. The van der Waals surface area contributed by atoms with Crippen molar-refractivity contribution in [2.75, 3.05) is 14.1 Å². The summed E-state index contributed by atoms with van der Waals surface area (Å²) in [6, 6.07) is 1.00. The van der Waals surface area contributed by atoms with Gasteiger partial charge in [-0.1, -0.05) is 13.0 Å². The predicted molar refractivity (Wildman–Crippen MR) is 139 cm³/mol. The number of nitrogens with zero attached hydrogens (tertiary/aromatic N) is 1. The highest BCUT2D eigenvalue weighted by Crippen LogP contribution is 2.54. The Balaban J connectivity index is 1.66. The molecule has 6 N–H and O–H groups in total. The summed E-state index contributed by atoms with van der Waals surface area (Å²) < 4.78 is 0. The van der Waals surface area contributed by atoms with E-state index in [4.69, 9.17) is 5.73 Å². The van der Waals surface area contributed by atoms with Crippen molar-refractivity contribution in [3.8, 4) is 5.75 Å². The minimum atomic E-state index is -2.51. The molecule has 4 aliphatic rings. The first-order valence-corrected chi connectivity index (χ1v) is 13.4. The predicted octanol–water partition coefficient (Wildman–Crippen LogP) is 1.81. The van der Waals surface area contributed by atoms with Gasteiger partial charge in [-0.3, -0.25) is 19.3 Å². The van der Waals surface area contributed by atoms with Crippen LogP contribution in [0.25, 0.3) is 5.57 Å². The van der Waals surface area contributed by atoms with Crippen LogP contribution in [-0.4, -0.2) is 74.6 Å². The topological polar surface area (TPSA) is 161 Å². The van der Waals surface area contributed by atoms with Gasteiger partial charge in [0.05, 0.1) is 17.5 Å². The average Bonchev–Trinajstić information content (AvgIpc) is 2.86. The molecule has 4 aliphatic carbocycles. The monoisotopic (exact) mass is 524 g/mol. The third kappa shape index (κ3) is 3.59. The van der Waals surface area contributed by atoms with E-state index in [-0.39, 0.29) is 17.7 Å². The van der Waals surface area contributed by atoms with Crippen molar-refractivity contribution in [2.45, 2.75) is 69.6 Å². The molecule has 0 spiro atoms. The van der Waals surface area contributed by atoms with Gasteiger partial charge in [0, 0.05) is 11.5 Å². The van der Waals surface area contributed by atoms with E-state index in [1.165, 1.54) is 0 Å². The van der Waals surface area contributed by atoms with Crippen LogP contribution >= 0.6 is 0 Å². The van der Waals surface area contributed by atoms with E-state index in [0.717, 1.165) is 42.4 Å². The molecule has 6 atom stereocenters. The summed E-state index contributed by atoms with van der Waals surface area (Å²) in [6.45, 7) is 1.99. The van der Waals surface area contributed by atoms with E-state index in [9.17, 15) is 34.8 Å². The first kappa shape index (κ1) is 26.6. The number of aliphatic hydroxyl groups is 3. The minimum absolute atomic E-state index is 0.119. The van der Waals surface area contributed by atoms with Gasteiger partial charge in [0.15, 0.2) is 11.4 Å². The van der Waals surface area contributed by atoms with Crippen LogP contribution in [0.15, 0.2) is 23.5 Å². The number of amides is 1. The molecule has 2 unspecified atom stereocenters. The normalized spacial score (nSPS) is 33.0. The molecule has 204 valence electrons. The number of benzene rings is 1. The number of carbonyl (C=O) groups is 3. The zero-order valence-corrected chi connectivity index (χ0v) is 22.0. The third-order valence-corrected chi connectivity index (χ3v) is 9.27. The number of hydrogen-bond acceptors (Lipinski definition) is 8. The summed E-state index contributed by atoms with van der Waals surface area (Å²) in [4.78, 5) is 41.2. The van der Waals surface area contributed by atoms with Crippen LogP contribution in [0.4, 0.5) is 0 Å². The molecule has 0 radical (unpaired) electrons. The molecular formula is C29H36N2O7. The van der Waals surface area contributed by atoms with Crippen LogP contribution in [0.5, 0.6) is 5.75 Å². The number of rotatable bonds is 4. The van der Waals surface area contributed by atoms with Gasteiger partial charge >= 0.3 is 0 Å². The zero-order chi connectivity index (χ0) is 27.7. The Morgan fingerprint density at radius 2 is 1.92 bits per heavy atom. The largest absolute Gasteiger partial charge is 0.510 e. The fraction of sp³-hybridized carbons (Fsp3) is 0.552. The lowest BCUT2D eigenvalue weighted by atomic mass is 9.53. The molecule has 0 aliphatic heterocycles. The number of phenols is 1. The summed E-state index contributed by atoms with van der Waals surface area (Å²) in [5.74, 6) is -6.15. The minimum Gasteiger partial charge on any atom is -0.510 e.